The summed E-state index contributed by atoms with van der Waals surface area (Å²) in [6.07, 6.45) is 8.08. The maximum absolute atomic E-state index is 12.7. The fourth-order valence-electron chi connectivity index (χ4n) is 5.32. The van der Waals surface area contributed by atoms with Gasteiger partial charge in [-0.25, -0.2) is 0 Å². The Balaban J connectivity index is 1.32. The zero-order valence-electron chi connectivity index (χ0n) is 15.2. The molecule has 1 aliphatic heterocycles. The minimum Gasteiger partial charge on any atom is -0.507 e. The van der Waals surface area contributed by atoms with E-state index in [1.807, 2.05) is 0 Å². The first-order valence-corrected chi connectivity index (χ1v) is 10.00. The highest BCUT2D eigenvalue weighted by molar-refractivity contribution is 5.99. The molecular formula is C21H28N2O3. The Bertz CT molecular complexity index is 690. The molecule has 0 aromatic heterocycles. The van der Waals surface area contributed by atoms with Crippen LogP contribution in [0.25, 0.3) is 0 Å². The summed E-state index contributed by atoms with van der Waals surface area (Å²) in [4.78, 5) is 27.0. The maximum atomic E-state index is 12.7. The Morgan fingerprint density at radius 2 is 2.00 bits per heavy atom. The fourth-order valence-corrected chi connectivity index (χ4v) is 5.32. The third-order valence-electron chi connectivity index (χ3n) is 6.65. The molecule has 1 heterocycles. The summed E-state index contributed by atoms with van der Waals surface area (Å²) in [5, 5.41) is 13.0. The molecule has 3 aliphatic rings. The largest absolute Gasteiger partial charge is 0.507 e. The smallest absolute Gasteiger partial charge is 0.258 e. The van der Waals surface area contributed by atoms with Gasteiger partial charge in [-0.2, -0.15) is 0 Å². The first kappa shape index (κ1) is 17.4. The number of aromatic hydroxyl groups is 1. The van der Waals surface area contributed by atoms with Crippen molar-refractivity contribution < 1.29 is 14.7 Å². The number of hydrogen-bond donors (Lipinski definition) is 2. The quantitative estimate of drug-likeness (QED) is 0.852. The van der Waals surface area contributed by atoms with Gasteiger partial charge in [0.2, 0.25) is 5.91 Å². The molecule has 5 nitrogen and oxygen atoms in total. The number of hydrogen-bond acceptors (Lipinski definition) is 3. The molecule has 2 aliphatic carbocycles. The van der Waals surface area contributed by atoms with Crippen LogP contribution in [0.4, 0.5) is 0 Å². The molecule has 0 spiro atoms. The standard InChI is InChI=1S/C21H28N2O3/c24-19-6-2-1-4-17(19)21(26)23-11-3-5-18(23)20(25)22-10-9-16-13-14-7-8-15(16)12-14/h1-2,4,6,14-16,18,24H,3,5,7-13H2,(H,22,25)/t14-,15-,16-,18+/m0/s1. The van der Waals surface area contributed by atoms with Crippen molar-refractivity contribution in [2.75, 3.05) is 13.1 Å². The molecule has 5 heteroatoms. The van der Waals surface area contributed by atoms with Crippen LogP contribution < -0.4 is 5.32 Å². The number of carbonyl (C=O) groups is 2. The summed E-state index contributed by atoms with van der Waals surface area (Å²) in [6, 6.07) is 6.12. The van der Waals surface area contributed by atoms with Gasteiger partial charge in [0.05, 0.1) is 5.56 Å². The van der Waals surface area contributed by atoms with Gasteiger partial charge in [-0.15, -0.1) is 0 Å². The van der Waals surface area contributed by atoms with Gasteiger partial charge in [0.1, 0.15) is 11.8 Å². The van der Waals surface area contributed by atoms with E-state index in [4.69, 9.17) is 0 Å². The first-order valence-electron chi connectivity index (χ1n) is 10.00. The molecule has 1 aromatic rings. The summed E-state index contributed by atoms with van der Waals surface area (Å²) < 4.78 is 0. The second-order valence-electron chi connectivity index (χ2n) is 8.19. The van der Waals surface area contributed by atoms with Gasteiger partial charge in [-0.05, 0) is 68.4 Å². The number of nitrogens with zero attached hydrogens (tertiary/aromatic N) is 1. The van der Waals surface area contributed by atoms with Crippen LogP contribution in [0.15, 0.2) is 24.3 Å². The van der Waals surface area contributed by atoms with E-state index in [1.54, 1.807) is 23.1 Å². The van der Waals surface area contributed by atoms with Crippen molar-refractivity contribution in [3.8, 4) is 5.75 Å². The lowest BCUT2D eigenvalue weighted by atomic mass is 9.86. The normalized spacial score (nSPS) is 29.9. The van der Waals surface area contributed by atoms with E-state index in [0.29, 0.717) is 19.5 Å². The lowest BCUT2D eigenvalue weighted by molar-refractivity contribution is -0.124. The number of para-hydroxylation sites is 1. The first-order chi connectivity index (χ1) is 12.6. The van der Waals surface area contributed by atoms with E-state index in [0.717, 1.165) is 30.6 Å². The molecule has 4 atom stereocenters. The van der Waals surface area contributed by atoms with Gasteiger partial charge in [0.25, 0.3) is 5.91 Å². The Morgan fingerprint density at radius 1 is 1.15 bits per heavy atom. The zero-order valence-corrected chi connectivity index (χ0v) is 15.2. The number of carbonyl (C=O) groups excluding carboxylic acids is 2. The molecule has 2 saturated carbocycles. The molecule has 1 aromatic carbocycles. The number of phenols is 1. The summed E-state index contributed by atoms with van der Waals surface area (Å²) in [7, 11) is 0. The average molecular weight is 356 g/mol. The predicted molar refractivity (Wildman–Crippen MR) is 98.7 cm³/mol. The highest BCUT2D eigenvalue weighted by Gasteiger charge is 2.39. The van der Waals surface area contributed by atoms with E-state index < -0.39 is 6.04 Å². The second kappa shape index (κ2) is 7.29. The molecule has 26 heavy (non-hydrogen) atoms. The summed E-state index contributed by atoms with van der Waals surface area (Å²) >= 11 is 0. The van der Waals surface area contributed by atoms with Gasteiger partial charge in [0.15, 0.2) is 0 Å². The predicted octanol–water partition coefficient (Wildman–Crippen LogP) is 2.94. The highest BCUT2D eigenvalue weighted by Crippen LogP contribution is 2.49. The molecule has 2 amide bonds. The minimum absolute atomic E-state index is 0.0279. The molecule has 4 rings (SSSR count). The van der Waals surface area contributed by atoms with Crippen LogP contribution in [0.5, 0.6) is 5.75 Å². The Kier molecular flexibility index (Phi) is 4.88. The number of fused-ring (bicyclic) bond motifs is 2. The van der Waals surface area contributed by atoms with E-state index in [2.05, 4.69) is 5.32 Å². The maximum Gasteiger partial charge on any atom is 0.258 e. The summed E-state index contributed by atoms with van der Waals surface area (Å²) in [5.41, 5.74) is 0.272. The highest BCUT2D eigenvalue weighted by atomic mass is 16.3. The number of amides is 2. The molecule has 0 unspecified atom stereocenters. The van der Waals surface area contributed by atoms with E-state index >= 15 is 0 Å². The van der Waals surface area contributed by atoms with Gasteiger partial charge in [0, 0.05) is 13.1 Å². The number of rotatable bonds is 5. The average Bonchev–Trinajstić information content (AvgIpc) is 3.38. The lowest BCUT2D eigenvalue weighted by Crippen LogP contribution is -2.46. The van der Waals surface area contributed by atoms with Crippen LogP contribution in [0.2, 0.25) is 0 Å². The third kappa shape index (κ3) is 3.31. The van der Waals surface area contributed by atoms with Crippen molar-refractivity contribution in [2.45, 2.75) is 51.0 Å². The van der Waals surface area contributed by atoms with Crippen molar-refractivity contribution >= 4 is 11.8 Å². The molecule has 140 valence electrons. The van der Waals surface area contributed by atoms with Crippen LogP contribution in [0.3, 0.4) is 0 Å². The Labute approximate surface area is 154 Å². The van der Waals surface area contributed by atoms with Crippen molar-refractivity contribution in [3.63, 3.8) is 0 Å². The van der Waals surface area contributed by atoms with E-state index in [-0.39, 0.29) is 23.1 Å². The van der Waals surface area contributed by atoms with Gasteiger partial charge >= 0.3 is 0 Å². The Morgan fingerprint density at radius 3 is 2.73 bits per heavy atom. The minimum atomic E-state index is -0.415. The van der Waals surface area contributed by atoms with E-state index in [9.17, 15) is 14.7 Å². The molecule has 1 saturated heterocycles. The van der Waals surface area contributed by atoms with Gasteiger partial charge in [-0.1, -0.05) is 18.6 Å². The SMILES string of the molecule is O=C(NCC[C@H]1C[C@H]2CC[C@H]1C2)[C@H]1CCCN1C(=O)c1ccccc1O. The second-order valence-corrected chi connectivity index (χ2v) is 8.19. The number of phenolic OH excluding ortho intramolecular Hbond substituents is 1. The topological polar surface area (TPSA) is 69.6 Å². The monoisotopic (exact) mass is 356 g/mol. The van der Waals surface area contributed by atoms with Crippen molar-refractivity contribution in [1.82, 2.24) is 10.2 Å². The van der Waals surface area contributed by atoms with Crippen LogP contribution in [0, 0.1) is 17.8 Å². The Hall–Kier alpha value is -2.04. The molecular weight excluding hydrogens is 328 g/mol. The van der Waals surface area contributed by atoms with Crippen molar-refractivity contribution in [3.05, 3.63) is 29.8 Å². The number of likely N-dealkylation sites (tertiary alicyclic amines) is 1. The number of benzene rings is 1. The third-order valence-corrected chi connectivity index (χ3v) is 6.65. The van der Waals surface area contributed by atoms with Crippen LogP contribution >= 0.6 is 0 Å². The molecule has 2 bridgehead atoms. The van der Waals surface area contributed by atoms with Gasteiger partial charge in [-0.3, -0.25) is 9.59 Å². The van der Waals surface area contributed by atoms with Crippen LogP contribution in [0.1, 0.15) is 55.3 Å². The van der Waals surface area contributed by atoms with Crippen LogP contribution in [-0.2, 0) is 4.79 Å². The lowest BCUT2D eigenvalue weighted by Gasteiger charge is -2.25. The fraction of sp³-hybridized carbons (Fsp3) is 0.619. The van der Waals surface area contributed by atoms with E-state index in [1.165, 1.54) is 31.7 Å². The van der Waals surface area contributed by atoms with Gasteiger partial charge < -0.3 is 15.3 Å². The summed E-state index contributed by atoms with van der Waals surface area (Å²) in [6.45, 7) is 1.28. The van der Waals surface area contributed by atoms with Crippen molar-refractivity contribution in [2.24, 2.45) is 17.8 Å². The molecule has 3 fully saturated rings. The molecule has 2 N–H and O–H groups in total. The molecule has 0 radical (unpaired) electrons. The number of nitrogens with one attached hydrogen (secondary N) is 1. The van der Waals surface area contributed by atoms with Crippen molar-refractivity contribution in [1.29, 1.82) is 0 Å². The zero-order chi connectivity index (χ0) is 18.1. The van der Waals surface area contributed by atoms with Crippen LogP contribution in [-0.4, -0.2) is 41.0 Å². The summed E-state index contributed by atoms with van der Waals surface area (Å²) in [5.74, 6) is 2.25.